The van der Waals surface area contributed by atoms with Crippen molar-refractivity contribution in [2.45, 2.75) is 18.9 Å². The van der Waals surface area contributed by atoms with Gasteiger partial charge in [0.05, 0.1) is 21.9 Å². The molecule has 0 unspecified atom stereocenters. The predicted molar refractivity (Wildman–Crippen MR) is 73.8 cm³/mol. The molecule has 1 rings (SSSR count). The third-order valence-corrected chi connectivity index (χ3v) is 3.59. The van der Waals surface area contributed by atoms with Gasteiger partial charge < -0.3 is 15.2 Å². The number of carbonyl (C=O) groups is 2. The first kappa shape index (κ1) is 16.1. The van der Waals surface area contributed by atoms with Crippen LogP contribution in [0.1, 0.15) is 22.5 Å². The summed E-state index contributed by atoms with van der Waals surface area (Å²) in [5.41, 5.74) is 0. The minimum atomic E-state index is -0.735. The van der Waals surface area contributed by atoms with Crippen LogP contribution in [0.15, 0.2) is 12.1 Å². The molecule has 5 nitrogen and oxygen atoms in total. The van der Waals surface area contributed by atoms with E-state index in [-0.39, 0.29) is 37.7 Å². The maximum absolute atomic E-state index is 11.7. The second-order valence-corrected chi connectivity index (χ2v) is 5.66. The molecular weight excluding hydrogens is 290 g/mol. The predicted octanol–water partition coefficient (Wildman–Crippen LogP) is 1.49. The number of amides is 1. The Bertz CT molecular complexity index is 435. The molecule has 7 heteroatoms. The van der Waals surface area contributed by atoms with Crippen LogP contribution in [-0.4, -0.2) is 43.2 Å². The zero-order valence-electron chi connectivity index (χ0n) is 10.5. The van der Waals surface area contributed by atoms with Gasteiger partial charge in [-0.25, -0.2) is 0 Å². The molecule has 1 heterocycles. The number of Topliss-reactive ketones (excluding diaryl/α,β-unsaturated/α-hetero) is 1. The molecule has 1 amide bonds. The van der Waals surface area contributed by atoms with Crippen molar-refractivity contribution in [3.63, 3.8) is 0 Å². The van der Waals surface area contributed by atoms with Crippen LogP contribution in [0.5, 0.6) is 0 Å². The average Bonchev–Trinajstić information content (AvgIpc) is 2.80. The van der Waals surface area contributed by atoms with Crippen molar-refractivity contribution in [1.29, 1.82) is 0 Å². The molecule has 0 aromatic carbocycles. The highest BCUT2D eigenvalue weighted by Crippen LogP contribution is 2.22. The maximum Gasteiger partial charge on any atom is 0.220 e. The Morgan fingerprint density at radius 1 is 1.47 bits per heavy atom. The van der Waals surface area contributed by atoms with Crippen LogP contribution in [0, 0.1) is 0 Å². The average molecular weight is 306 g/mol. The van der Waals surface area contributed by atoms with Crippen LogP contribution in [-0.2, 0) is 9.53 Å². The van der Waals surface area contributed by atoms with E-state index in [4.69, 9.17) is 16.3 Å². The third-order valence-electron chi connectivity index (χ3n) is 2.32. The molecule has 0 aliphatic rings. The zero-order valence-corrected chi connectivity index (χ0v) is 12.1. The fourth-order valence-electron chi connectivity index (χ4n) is 1.39. The Morgan fingerprint density at radius 2 is 2.21 bits per heavy atom. The van der Waals surface area contributed by atoms with Crippen LogP contribution in [0.3, 0.4) is 0 Å². The number of ketones is 1. The maximum atomic E-state index is 11.7. The van der Waals surface area contributed by atoms with E-state index in [1.165, 1.54) is 18.4 Å². The molecule has 106 valence electrons. The van der Waals surface area contributed by atoms with Gasteiger partial charge in [-0.15, -0.1) is 11.3 Å². The van der Waals surface area contributed by atoms with Crippen molar-refractivity contribution >= 4 is 34.6 Å². The fourth-order valence-corrected chi connectivity index (χ4v) is 2.40. The van der Waals surface area contributed by atoms with E-state index in [2.05, 4.69) is 5.32 Å². The van der Waals surface area contributed by atoms with Gasteiger partial charge >= 0.3 is 0 Å². The van der Waals surface area contributed by atoms with Gasteiger partial charge in [0.1, 0.15) is 0 Å². The quantitative estimate of drug-likeness (QED) is 0.714. The van der Waals surface area contributed by atoms with Crippen molar-refractivity contribution in [3.05, 3.63) is 21.3 Å². The molecule has 19 heavy (non-hydrogen) atoms. The summed E-state index contributed by atoms with van der Waals surface area (Å²) in [4.78, 5) is 23.7. The van der Waals surface area contributed by atoms with Crippen molar-refractivity contribution < 1.29 is 19.4 Å². The lowest BCUT2D eigenvalue weighted by molar-refractivity contribution is -0.121. The van der Waals surface area contributed by atoms with Crippen LogP contribution in [0.4, 0.5) is 0 Å². The van der Waals surface area contributed by atoms with Crippen molar-refractivity contribution in [3.8, 4) is 0 Å². The van der Waals surface area contributed by atoms with Gasteiger partial charge in [-0.2, -0.15) is 0 Å². The standard InChI is InChI=1S/C12H16ClNO4S/c1-18-7-8(15)6-14-12(17)5-2-9(16)10-3-4-11(13)19-10/h3-4,8,15H,2,5-7H2,1H3,(H,14,17)/t8-/m1/s1. The highest BCUT2D eigenvalue weighted by atomic mass is 35.5. The Balaban J connectivity index is 2.25. The van der Waals surface area contributed by atoms with Gasteiger partial charge in [0.15, 0.2) is 5.78 Å². The summed E-state index contributed by atoms with van der Waals surface area (Å²) in [5.74, 6) is -0.379. The number of halogens is 1. The Hall–Kier alpha value is -0.950. The summed E-state index contributed by atoms with van der Waals surface area (Å²) in [6, 6.07) is 3.30. The molecule has 1 atom stereocenters. The van der Waals surface area contributed by atoms with E-state index in [0.29, 0.717) is 9.21 Å². The lowest BCUT2D eigenvalue weighted by Gasteiger charge is -2.10. The van der Waals surface area contributed by atoms with Crippen molar-refractivity contribution in [2.24, 2.45) is 0 Å². The highest BCUT2D eigenvalue weighted by molar-refractivity contribution is 7.18. The topological polar surface area (TPSA) is 75.6 Å². The van der Waals surface area contributed by atoms with E-state index >= 15 is 0 Å². The van der Waals surface area contributed by atoms with E-state index in [0.717, 1.165) is 0 Å². The Kier molecular flexibility index (Phi) is 7.01. The minimum absolute atomic E-state index is 0.0913. The third kappa shape index (κ3) is 6.15. The summed E-state index contributed by atoms with van der Waals surface area (Å²) < 4.78 is 5.28. The van der Waals surface area contributed by atoms with E-state index in [9.17, 15) is 14.7 Å². The van der Waals surface area contributed by atoms with Crippen LogP contribution < -0.4 is 5.32 Å². The number of aliphatic hydroxyl groups is 1. The number of methoxy groups -OCH3 is 1. The number of rotatable bonds is 8. The summed E-state index contributed by atoms with van der Waals surface area (Å²) >= 11 is 6.93. The lowest BCUT2D eigenvalue weighted by atomic mass is 10.2. The van der Waals surface area contributed by atoms with E-state index in [1.54, 1.807) is 12.1 Å². The number of thiophene rings is 1. The first-order valence-electron chi connectivity index (χ1n) is 5.75. The first-order chi connectivity index (χ1) is 9.02. The van der Waals surface area contributed by atoms with Gasteiger partial charge in [-0.3, -0.25) is 9.59 Å². The number of carbonyl (C=O) groups excluding carboxylic acids is 2. The zero-order chi connectivity index (χ0) is 14.3. The van der Waals surface area contributed by atoms with Crippen molar-refractivity contribution in [1.82, 2.24) is 5.32 Å². The molecule has 0 aliphatic heterocycles. The molecular formula is C12H16ClNO4S. The molecule has 0 saturated heterocycles. The van der Waals surface area contributed by atoms with E-state index < -0.39 is 6.10 Å². The minimum Gasteiger partial charge on any atom is -0.389 e. The summed E-state index contributed by atoms with van der Waals surface area (Å²) in [6.45, 7) is 0.276. The number of hydrogen-bond donors (Lipinski definition) is 2. The molecule has 0 aliphatic carbocycles. The first-order valence-corrected chi connectivity index (χ1v) is 6.94. The molecule has 1 aromatic heterocycles. The largest absolute Gasteiger partial charge is 0.389 e. The smallest absolute Gasteiger partial charge is 0.220 e. The fraction of sp³-hybridized carbons (Fsp3) is 0.500. The van der Waals surface area contributed by atoms with Gasteiger partial charge in [0, 0.05) is 26.5 Å². The number of ether oxygens (including phenoxy) is 1. The van der Waals surface area contributed by atoms with Crippen LogP contribution in [0.25, 0.3) is 0 Å². The molecule has 0 radical (unpaired) electrons. The molecule has 2 N–H and O–H groups in total. The normalized spacial score (nSPS) is 12.2. The molecule has 0 spiro atoms. The second kappa shape index (κ2) is 8.27. The summed E-state index contributed by atoms with van der Waals surface area (Å²) in [7, 11) is 1.47. The van der Waals surface area contributed by atoms with Crippen molar-refractivity contribution in [2.75, 3.05) is 20.3 Å². The van der Waals surface area contributed by atoms with Gasteiger partial charge in [-0.1, -0.05) is 11.6 Å². The number of aliphatic hydroxyl groups excluding tert-OH is 1. The van der Waals surface area contributed by atoms with Gasteiger partial charge in [0.2, 0.25) is 5.91 Å². The SMILES string of the molecule is COC[C@H](O)CNC(=O)CCC(=O)c1ccc(Cl)s1. The summed E-state index contributed by atoms with van der Waals surface area (Å²) in [5, 5.41) is 11.9. The Morgan fingerprint density at radius 3 is 2.79 bits per heavy atom. The Labute approximate surface area is 120 Å². The number of nitrogens with one attached hydrogen (secondary N) is 1. The monoisotopic (exact) mass is 305 g/mol. The van der Waals surface area contributed by atoms with Crippen LogP contribution >= 0.6 is 22.9 Å². The lowest BCUT2D eigenvalue weighted by Crippen LogP contribution is -2.34. The molecule has 0 bridgehead atoms. The molecule has 1 aromatic rings. The summed E-state index contributed by atoms with van der Waals surface area (Å²) in [6.07, 6.45) is -0.516. The number of hydrogen-bond acceptors (Lipinski definition) is 5. The highest BCUT2D eigenvalue weighted by Gasteiger charge is 2.12. The second-order valence-electron chi connectivity index (χ2n) is 3.94. The molecule has 0 saturated carbocycles. The molecule has 0 fully saturated rings. The van der Waals surface area contributed by atoms with Gasteiger partial charge in [0.25, 0.3) is 0 Å². The van der Waals surface area contributed by atoms with Crippen LogP contribution in [0.2, 0.25) is 4.34 Å². The van der Waals surface area contributed by atoms with Gasteiger partial charge in [-0.05, 0) is 12.1 Å². The van der Waals surface area contributed by atoms with E-state index in [1.807, 2.05) is 0 Å².